The molecule has 0 spiro atoms. The Labute approximate surface area is 108 Å². The van der Waals surface area contributed by atoms with Gasteiger partial charge in [-0.3, -0.25) is 0 Å². The molecule has 0 radical (unpaired) electrons. The highest BCUT2D eigenvalue weighted by atomic mass is 35.5. The van der Waals surface area contributed by atoms with E-state index >= 15 is 0 Å². The Morgan fingerprint density at radius 3 is 2.59 bits per heavy atom. The molecule has 0 bridgehead atoms. The maximum Gasteiger partial charge on any atom is 0.128 e. The lowest BCUT2D eigenvalue weighted by atomic mass is 9.85. The zero-order valence-electron chi connectivity index (χ0n) is 11.0. The summed E-state index contributed by atoms with van der Waals surface area (Å²) in [6.45, 7) is 7.32. The molecule has 17 heavy (non-hydrogen) atoms. The number of aliphatic hydroxyl groups is 1. The van der Waals surface area contributed by atoms with Crippen LogP contribution >= 0.6 is 11.6 Å². The van der Waals surface area contributed by atoms with E-state index in [0.29, 0.717) is 11.7 Å². The van der Waals surface area contributed by atoms with E-state index < -0.39 is 0 Å². The molecule has 0 aromatic carbocycles. The molecule has 0 amide bonds. The van der Waals surface area contributed by atoms with E-state index in [-0.39, 0.29) is 18.1 Å². The van der Waals surface area contributed by atoms with Crippen LogP contribution < -0.4 is 5.32 Å². The van der Waals surface area contributed by atoms with E-state index in [1.54, 1.807) is 6.20 Å². The van der Waals surface area contributed by atoms with E-state index in [9.17, 15) is 0 Å². The second-order valence-electron chi connectivity index (χ2n) is 5.37. The third kappa shape index (κ3) is 3.98. The van der Waals surface area contributed by atoms with Gasteiger partial charge in [0.2, 0.25) is 0 Å². The molecule has 2 N–H and O–H groups in total. The van der Waals surface area contributed by atoms with Crippen molar-refractivity contribution in [2.24, 2.45) is 12.5 Å². The molecule has 1 heterocycles. The number of aromatic nitrogens is 2. The Morgan fingerprint density at radius 2 is 2.18 bits per heavy atom. The number of aliphatic hydroxyl groups excluding tert-OH is 1. The summed E-state index contributed by atoms with van der Waals surface area (Å²) < 4.78 is 1.85. The zero-order chi connectivity index (χ0) is 13.1. The van der Waals surface area contributed by atoms with Crippen molar-refractivity contribution in [1.82, 2.24) is 14.9 Å². The molecular formula is C12H22ClN3O. The summed E-state index contributed by atoms with van der Waals surface area (Å²) in [5, 5.41) is 13.1. The second-order valence-corrected chi connectivity index (χ2v) is 5.76. The molecule has 0 saturated heterocycles. The fourth-order valence-electron chi connectivity index (χ4n) is 1.77. The Balaban J connectivity index is 2.61. The fraction of sp³-hybridized carbons (Fsp3) is 0.750. The highest BCUT2D eigenvalue weighted by Crippen LogP contribution is 2.22. The molecule has 0 aliphatic heterocycles. The lowest BCUT2D eigenvalue weighted by Gasteiger charge is -2.31. The van der Waals surface area contributed by atoms with Crippen LogP contribution in [0.15, 0.2) is 6.20 Å². The minimum absolute atomic E-state index is 0.109. The Hall–Kier alpha value is -0.580. The smallest absolute Gasteiger partial charge is 0.128 e. The van der Waals surface area contributed by atoms with Crippen LogP contribution in [0.3, 0.4) is 0 Å². The lowest BCUT2D eigenvalue weighted by molar-refractivity contribution is 0.195. The van der Waals surface area contributed by atoms with Crippen molar-refractivity contribution >= 4 is 11.6 Å². The second kappa shape index (κ2) is 5.85. The molecule has 5 heteroatoms. The van der Waals surface area contributed by atoms with Crippen LogP contribution in [0.4, 0.5) is 0 Å². The first-order valence-corrected chi connectivity index (χ1v) is 6.24. The van der Waals surface area contributed by atoms with Gasteiger partial charge in [-0.1, -0.05) is 32.4 Å². The molecule has 1 unspecified atom stereocenters. The standard InChI is InChI=1S/C12H22ClN3O/c1-12(2,3)9(5-6-17)14-8-11-15-7-10(13)16(11)4/h7,9,14,17H,5-6,8H2,1-4H3. The normalized spacial score (nSPS) is 14.0. The van der Waals surface area contributed by atoms with Crippen molar-refractivity contribution in [3.63, 3.8) is 0 Å². The molecule has 4 nitrogen and oxygen atoms in total. The maximum absolute atomic E-state index is 9.07. The van der Waals surface area contributed by atoms with Crippen molar-refractivity contribution in [1.29, 1.82) is 0 Å². The third-order valence-electron chi connectivity index (χ3n) is 3.00. The number of hydrogen-bond donors (Lipinski definition) is 2. The Morgan fingerprint density at radius 1 is 1.53 bits per heavy atom. The predicted molar refractivity (Wildman–Crippen MR) is 70.0 cm³/mol. The number of hydrogen-bond acceptors (Lipinski definition) is 3. The molecule has 0 aliphatic carbocycles. The summed E-state index contributed by atoms with van der Waals surface area (Å²) in [5.41, 5.74) is 0.109. The van der Waals surface area contributed by atoms with Gasteiger partial charge in [0.05, 0.1) is 12.7 Å². The first-order valence-electron chi connectivity index (χ1n) is 5.86. The van der Waals surface area contributed by atoms with Crippen molar-refractivity contribution in [3.05, 3.63) is 17.2 Å². The van der Waals surface area contributed by atoms with Gasteiger partial charge in [0.25, 0.3) is 0 Å². The van der Waals surface area contributed by atoms with Crippen LogP contribution in [0.5, 0.6) is 0 Å². The summed E-state index contributed by atoms with van der Waals surface area (Å²) in [5.74, 6) is 0.905. The summed E-state index contributed by atoms with van der Waals surface area (Å²) in [7, 11) is 1.89. The van der Waals surface area contributed by atoms with Gasteiger partial charge in [0.15, 0.2) is 0 Å². The number of nitrogens with zero attached hydrogens (tertiary/aromatic N) is 2. The summed E-state index contributed by atoms with van der Waals surface area (Å²) in [4.78, 5) is 4.24. The molecule has 98 valence electrons. The van der Waals surface area contributed by atoms with Gasteiger partial charge in [0, 0.05) is 19.7 Å². The molecule has 1 aromatic heterocycles. The minimum atomic E-state index is 0.109. The molecule has 0 fully saturated rings. The van der Waals surface area contributed by atoms with Crippen LogP contribution in [0.25, 0.3) is 0 Å². The quantitative estimate of drug-likeness (QED) is 0.850. The van der Waals surface area contributed by atoms with E-state index in [1.165, 1.54) is 0 Å². The summed E-state index contributed by atoms with van der Waals surface area (Å²) in [6, 6.07) is 0.253. The summed E-state index contributed by atoms with van der Waals surface area (Å²) in [6.07, 6.45) is 2.39. The topological polar surface area (TPSA) is 50.1 Å². The Kier molecular flexibility index (Phi) is 4.98. The van der Waals surface area contributed by atoms with E-state index in [1.807, 2.05) is 11.6 Å². The van der Waals surface area contributed by atoms with Gasteiger partial charge in [0.1, 0.15) is 11.0 Å². The number of nitrogens with one attached hydrogen (secondary N) is 1. The minimum Gasteiger partial charge on any atom is -0.396 e. The molecule has 1 rings (SSSR count). The largest absolute Gasteiger partial charge is 0.396 e. The molecule has 0 aliphatic rings. The average molecular weight is 260 g/mol. The van der Waals surface area contributed by atoms with E-state index in [0.717, 1.165) is 12.2 Å². The van der Waals surface area contributed by atoms with Crippen LogP contribution in [-0.4, -0.2) is 27.3 Å². The van der Waals surface area contributed by atoms with Gasteiger partial charge in [-0.15, -0.1) is 0 Å². The average Bonchev–Trinajstić information content (AvgIpc) is 2.53. The van der Waals surface area contributed by atoms with Gasteiger partial charge >= 0.3 is 0 Å². The number of imidazole rings is 1. The highest BCUT2D eigenvalue weighted by molar-refractivity contribution is 6.29. The van der Waals surface area contributed by atoms with Crippen molar-refractivity contribution < 1.29 is 5.11 Å². The first-order chi connectivity index (χ1) is 7.86. The maximum atomic E-state index is 9.07. The van der Waals surface area contributed by atoms with E-state index in [4.69, 9.17) is 16.7 Å². The van der Waals surface area contributed by atoms with Gasteiger partial charge in [-0.25, -0.2) is 4.98 Å². The zero-order valence-corrected chi connectivity index (χ0v) is 11.8. The van der Waals surface area contributed by atoms with Gasteiger partial charge in [-0.05, 0) is 11.8 Å². The predicted octanol–water partition coefficient (Wildman–Crippen LogP) is 1.96. The van der Waals surface area contributed by atoms with E-state index in [2.05, 4.69) is 31.1 Å². The molecule has 1 aromatic rings. The third-order valence-corrected chi connectivity index (χ3v) is 3.35. The van der Waals surface area contributed by atoms with Crippen molar-refractivity contribution in [2.45, 2.75) is 39.8 Å². The first kappa shape index (κ1) is 14.5. The SMILES string of the molecule is Cn1c(Cl)cnc1CNC(CCO)C(C)(C)C. The Bertz CT molecular complexity index is 357. The lowest BCUT2D eigenvalue weighted by Crippen LogP contribution is -2.41. The monoisotopic (exact) mass is 259 g/mol. The summed E-state index contributed by atoms with van der Waals surface area (Å²) >= 11 is 5.93. The van der Waals surface area contributed by atoms with Crippen LogP contribution in [0.2, 0.25) is 5.15 Å². The highest BCUT2D eigenvalue weighted by Gasteiger charge is 2.23. The van der Waals surface area contributed by atoms with Crippen molar-refractivity contribution in [2.75, 3.05) is 6.61 Å². The number of rotatable bonds is 5. The van der Waals surface area contributed by atoms with Crippen LogP contribution in [0, 0.1) is 5.41 Å². The van der Waals surface area contributed by atoms with Crippen molar-refractivity contribution in [3.8, 4) is 0 Å². The van der Waals surface area contributed by atoms with Gasteiger partial charge in [-0.2, -0.15) is 0 Å². The van der Waals surface area contributed by atoms with Gasteiger partial charge < -0.3 is 15.0 Å². The van der Waals surface area contributed by atoms with Crippen LogP contribution in [-0.2, 0) is 13.6 Å². The van der Waals surface area contributed by atoms with Crippen LogP contribution in [0.1, 0.15) is 33.0 Å². The fourth-order valence-corrected chi connectivity index (χ4v) is 1.92. The molecule has 1 atom stereocenters. The number of halogens is 1. The molecular weight excluding hydrogens is 238 g/mol. The molecule has 0 saturated carbocycles.